The molecule has 0 unspecified atom stereocenters. The van der Waals surface area contributed by atoms with E-state index >= 15 is 0 Å². The molecular weight excluding hydrogens is 149 g/mol. The molecule has 5 heavy (non-hydrogen) atoms. The highest BCUT2D eigenvalue weighted by Gasteiger charge is 2.19. The van der Waals surface area contributed by atoms with Gasteiger partial charge in [-0.25, -0.2) is 0 Å². The fourth-order valence-electron chi connectivity index (χ4n) is 0. The fourth-order valence-corrected chi connectivity index (χ4v) is 0. The maximum absolute atomic E-state index is 10.3. The Kier molecular flexibility index (Phi) is 1.22. The van der Waals surface area contributed by atoms with Gasteiger partial charge in [-0.3, -0.25) is 0 Å². The molecular formula is CBrF3. The van der Waals surface area contributed by atoms with Gasteiger partial charge in [-0.15, -0.1) is 0 Å². The van der Waals surface area contributed by atoms with Crippen LogP contribution in [0.5, 0.6) is 0 Å². The number of halogens is 4. The van der Waals surface area contributed by atoms with Crippen molar-refractivity contribution in [2.24, 2.45) is 0 Å². The minimum absolute atomic E-state index is 1.38. The first kappa shape index (κ1) is 5.27. The van der Waals surface area contributed by atoms with E-state index in [2.05, 4.69) is 0 Å². The molecule has 0 aromatic heterocycles. The molecule has 0 radical (unpaired) electrons. The molecule has 0 atom stereocenters. The van der Waals surface area contributed by atoms with Gasteiger partial charge in [0.25, 0.3) is 0 Å². The largest absolute Gasteiger partial charge is 0.448 e. The van der Waals surface area contributed by atoms with Crippen LogP contribution in [0.3, 0.4) is 0 Å². The lowest BCUT2D eigenvalue weighted by molar-refractivity contribution is -0.0245. The second-order valence-electron chi connectivity index (χ2n) is 0.429. The molecule has 32 valence electrons. The van der Waals surface area contributed by atoms with E-state index in [1.807, 2.05) is 0 Å². The van der Waals surface area contributed by atoms with Crippen LogP contribution in [-0.2, 0) is 0 Å². The molecule has 0 heterocycles. The van der Waals surface area contributed by atoms with Crippen LogP contribution in [0.15, 0.2) is 0 Å². The van der Waals surface area contributed by atoms with Crippen molar-refractivity contribution in [1.29, 1.82) is 0 Å². The van der Waals surface area contributed by atoms with Gasteiger partial charge in [-0.1, -0.05) is 0 Å². The van der Waals surface area contributed by atoms with E-state index in [9.17, 15) is 13.2 Å². The van der Waals surface area contributed by atoms with Crippen molar-refractivity contribution in [3.63, 3.8) is 0 Å². The monoisotopic (exact) mass is 148 g/mol. The van der Waals surface area contributed by atoms with Gasteiger partial charge in [0.2, 0.25) is 0 Å². The van der Waals surface area contributed by atoms with Crippen LogP contribution in [0, 0.1) is 0 Å². The van der Waals surface area contributed by atoms with E-state index in [-0.39, 0.29) is 0 Å². The summed E-state index contributed by atoms with van der Waals surface area (Å²) < 4.78 is 30.8. The van der Waals surface area contributed by atoms with Gasteiger partial charge < -0.3 is 0 Å². The highest BCUT2D eigenvalue weighted by molar-refractivity contribution is 9.09. The smallest absolute Gasteiger partial charge is 0.160 e. The average Bonchev–Trinajstić information content (AvgIpc) is 0.722. The summed E-state index contributed by atoms with van der Waals surface area (Å²) in [6.07, 6.45) is 0. The summed E-state index contributed by atoms with van der Waals surface area (Å²) in [5, 5.41) is -4.19. The topological polar surface area (TPSA) is 0 Å². The van der Waals surface area contributed by atoms with Crippen LogP contribution in [0.4, 0.5) is 13.2 Å². The number of hydrogen-bond acceptors (Lipinski definition) is 0. The molecule has 0 aliphatic carbocycles. The molecule has 0 aromatic carbocycles. The van der Waals surface area contributed by atoms with Gasteiger partial charge >= 0.3 is 5.09 Å². The van der Waals surface area contributed by atoms with Gasteiger partial charge in [0, 0.05) is 15.9 Å². The molecule has 0 spiro atoms. The van der Waals surface area contributed by atoms with E-state index in [4.69, 9.17) is 0 Å². The maximum Gasteiger partial charge on any atom is 0.448 e. The summed E-state index contributed by atoms with van der Waals surface area (Å²) in [6, 6.07) is 0. The van der Waals surface area contributed by atoms with Gasteiger partial charge in [0.05, 0.1) is 0 Å². The summed E-state index contributed by atoms with van der Waals surface area (Å²) in [6.45, 7) is 0. The zero-order chi connectivity index (χ0) is 4.50. The fraction of sp³-hybridized carbons (Fsp3) is 1.00. The van der Waals surface area contributed by atoms with Crippen molar-refractivity contribution in [2.45, 2.75) is 5.09 Å². The van der Waals surface area contributed by atoms with Crippen LogP contribution < -0.4 is 0 Å². The minimum atomic E-state index is -4.19. The van der Waals surface area contributed by atoms with Gasteiger partial charge in [0.1, 0.15) is 0 Å². The lowest BCUT2D eigenvalue weighted by Gasteiger charge is -1.85. The number of hydrogen-bond donors (Lipinski definition) is 0. The predicted molar refractivity (Wildman–Crippen MR) is 15.0 cm³/mol. The molecule has 0 N–H and O–H groups in total. The van der Waals surface area contributed by atoms with E-state index in [1.54, 1.807) is 0 Å². The van der Waals surface area contributed by atoms with Crippen molar-refractivity contribution in [3.05, 3.63) is 0 Å². The van der Waals surface area contributed by atoms with Crippen molar-refractivity contribution in [2.75, 3.05) is 0 Å². The molecule has 0 nitrogen and oxygen atoms in total. The molecule has 0 bridgehead atoms. The molecule has 0 amide bonds. The quantitative estimate of drug-likeness (QED) is 0.461. The molecule has 0 aromatic rings. The number of rotatable bonds is 0. The first-order valence-electron chi connectivity index (χ1n) is 0.756. The van der Waals surface area contributed by atoms with E-state index < -0.39 is 5.09 Å². The maximum atomic E-state index is 10.3. The highest BCUT2D eigenvalue weighted by Crippen LogP contribution is 2.21. The second kappa shape index (κ2) is 1.16. The summed E-state index contributed by atoms with van der Waals surface area (Å²) >= 11 is 1.38. The summed E-state index contributed by atoms with van der Waals surface area (Å²) in [4.78, 5) is 0. The Balaban J connectivity index is 3.02. The third kappa shape index (κ3) is 302. The Morgan fingerprint density at radius 3 is 1.20 bits per heavy atom. The number of alkyl halides is 4. The minimum Gasteiger partial charge on any atom is -0.160 e. The van der Waals surface area contributed by atoms with Crippen molar-refractivity contribution < 1.29 is 13.2 Å². The Morgan fingerprint density at radius 1 is 1.20 bits per heavy atom. The van der Waals surface area contributed by atoms with Crippen LogP contribution in [0.2, 0.25) is 0 Å². The van der Waals surface area contributed by atoms with Crippen LogP contribution in [0.25, 0.3) is 0 Å². The molecule has 0 rings (SSSR count). The van der Waals surface area contributed by atoms with Crippen LogP contribution >= 0.6 is 15.9 Å². The van der Waals surface area contributed by atoms with Crippen LogP contribution in [-0.4, -0.2) is 5.09 Å². The standard InChI is InChI=1S/CBrF3/c2-1(3,4)5. The Morgan fingerprint density at radius 2 is 1.20 bits per heavy atom. The summed E-state index contributed by atoms with van der Waals surface area (Å²) in [5.41, 5.74) is 0. The SMILES string of the molecule is FC(F)(F)Br. The van der Waals surface area contributed by atoms with Gasteiger partial charge in [-0.05, 0) is 0 Å². The van der Waals surface area contributed by atoms with Crippen LogP contribution in [0.1, 0.15) is 0 Å². The molecule has 0 saturated heterocycles. The van der Waals surface area contributed by atoms with Crippen molar-refractivity contribution >= 4 is 15.9 Å². The molecule has 0 fully saturated rings. The normalized spacial score (nSPS) is 12.0. The highest BCUT2D eigenvalue weighted by atomic mass is 79.9. The zero-order valence-electron chi connectivity index (χ0n) is 2.01. The van der Waals surface area contributed by atoms with Gasteiger partial charge in [-0.2, -0.15) is 13.2 Å². The van der Waals surface area contributed by atoms with E-state index in [0.29, 0.717) is 0 Å². The lowest BCUT2D eigenvalue weighted by Crippen LogP contribution is -1.88. The molecule has 0 aliphatic rings. The predicted octanol–water partition coefficient (Wildman–Crippen LogP) is 1.90. The second-order valence-corrected chi connectivity index (χ2v) is 1.33. The summed E-state index contributed by atoms with van der Waals surface area (Å²) in [7, 11) is 0. The first-order valence-corrected chi connectivity index (χ1v) is 1.55. The molecule has 4 heteroatoms. The third-order valence-corrected chi connectivity index (χ3v) is 0. The summed E-state index contributed by atoms with van der Waals surface area (Å²) in [5.74, 6) is 0. The zero-order valence-corrected chi connectivity index (χ0v) is 3.60. The average molecular weight is 149 g/mol. The first-order chi connectivity index (χ1) is 2.00. The van der Waals surface area contributed by atoms with E-state index in [0.717, 1.165) is 0 Å². The van der Waals surface area contributed by atoms with Crippen molar-refractivity contribution in [3.8, 4) is 0 Å². The third-order valence-electron chi connectivity index (χ3n) is 0. The van der Waals surface area contributed by atoms with E-state index in [1.165, 1.54) is 15.9 Å². The van der Waals surface area contributed by atoms with Gasteiger partial charge in [0.15, 0.2) is 0 Å². The Bertz CT molecular complexity index is 22.4. The molecule has 0 saturated carbocycles. The Hall–Kier alpha value is 0.270. The Labute approximate surface area is 35.1 Å². The lowest BCUT2D eigenvalue weighted by atomic mass is 11.6. The molecule has 0 aliphatic heterocycles. The van der Waals surface area contributed by atoms with Crippen molar-refractivity contribution in [1.82, 2.24) is 0 Å².